The summed E-state index contributed by atoms with van der Waals surface area (Å²) in [6.45, 7) is 10.9. The van der Waals surface area contributed by atoms with Crippen molar-refractivity contribution in [1.82, 2.24) is 20.4 Å². The molecule has 1 fully saturated rings. The van der Waals surface area contributed by atoms with E-state index in [4.69, 9.17) is 4.74 Å². The van der Waals surface area contributed by atoms with Crippen LogP contribution in [-0.2, 0) is 17.8 Å². The average molecular weight is 376 g/mol. The second-order valence-corrected chi connectivity index (χ2v) is 7.82. The maximum Gasteiger partial charge on any atom is 0.191 e. The van der Waals surface area contributed by atoms with Gasteiger partial charge in [0.05, 0.1) is 13.2 Å². The van der Waals surface area contributed by atoms with Gasteiger partial charge in [-0.1, -0.05) is 38.1 Å². The Morgan fingerprint density at radius 1 is 1.11 bits per heavy atom. The highest BCUT2D eigenvalue weighted by molar-refractivity contribution is 5.79. The van der Waals surface area contributed by atoms with Crippen LogP contribution in [0, 0.1) is 5.92 Å². The summed E-state index contributed by atoms with van der Waals surface area (Å²) in [5, 5.41) is 6.93. The van der Waals surface area contributed by atoms with Crippen LogP contribution in [0.2, 0.25) is 0 Å². The molecule has 0 bridgehead atoms. The number of hydrogen-bond donors (Lipinski definition) is 2. The fourth-order valence-corrected chi connectivity index (χ4v) is 3.43. The number of nitrogens with zero attached hydrogens (tertiary/aromatic N) is 3. The molecule has 0 aromatic heterocycles. The first-order valence-electron chi connectivity index (χ1n) is 9.98. The molecule has 0 radical (unpaired) electrons. The zero-order valence-corrected chi connectivity index (χ0v) is 17.7. The van der Waals surface area contributed by atoms with Crippen LogP contribution < -0.4 is 10.6 Å². The monoisotopic (exact) mass is 375 g/mol. The van der Waals surface area contributed by atoms with Gasteiger partial charge in [-0.15, -0.1) is 0 Å². The van der Waals surface area contributed by atoms with Crippen LogP contribution in [0.25, 0.3) is 0 Å². The van der Waals surface area contributed by atoms with E-state index < -0.39 is 0 Å². The minimum Gasteiger partial charge on any atom is -0.379 e. The Kier molecular flexibility index (Phi) is 9.04. The molecule has 1 aromatic rings. The van der Waals surface area contributed by atoms with E-state index in [0.29, 0.717) is 12.0 Å². The van der Waals surface area contributed by atoms with E-state index in [0.717, 1.165) is 51.9 Å². The van der Waals surface area contributed by atoms with Crippen molar-refractivity contribution in [2.75, 3.05) is 54.0 Å². The number of guanidine groups is 1. The Morgan fingerprint density at radius 2 is 1.74 bits per heavy atom. The van der Waals surface area contributed by atoms with Gasteiger partial charge in [-0.3, -0.25) is 9.89 Å². The third kappa shape index (κ3) is 7.48. The molecule has 0 saturated carbocycles. The lowest BCUT2D eigenvalue weighted by Gasteiger charge is -2.37. The van der Waals surface area contributed by atoms with Crippen molar-refractivity contribution in [2.24, 2.45) is 10.9 Å². The molecule has 152 valence electrons. The standard InChI is InChI=1S/C21H37N5O/c1-17(2)20(26-10-12-27-13-11-26)15-24-21(22-3)23-14-18-6-8-19(9-7-18)16-25(4)5/h6-9,17,20H,10-16H2,1-5H3,(H2,22,23,24). The first-order chi connectivity index (χ1) is 13.0. The van der Waals surface area contributed by atoms with Gasteiger partial charge in [0.2, 0.25) is 0 Å². The van der Waals surface area contributed by atoms with E-state index in [1.165, 1.54) is 11.1 Å². The number of nitrogens with one attached hydrogen (secondary N) is 2. The van der Waals surface area contributed by atoms with Crippen LogP contribution in [0.1, 0.15) is 25.0 Å². The lowest BCUT2D eigenvalue weighted by atomic mass is 10.0. The molecule has 0 aliphatic carbocycles. The van der Waals surface area contributed by atoms with Crippen molar-refractivity contribution >= 4 is 5.96 Å². The van der Waals surface area contributed by atoms with Gasteiger partial charge in [0, 0.05) is 45.8 Å². The van der Waals surface area contributed by atoms with Crippen molar-refractivity contribution in [3.63, 3.8) is 0 Å². The molecule has 1 atom stereocenters. The molecule has 6 nitrogen and oxygen atoms in total. The lowest BCUT2D eigenvalue weighted by Crippen LogP contribution is -2.52. The van der Waals surface area contributed by atoms with Gasteiger partial charge >= 0.3 is 0 Å². The van der Waals surface area contributed by atoms with Gasteiger partial charge in [0.25, 0.3) is 0 Å². The van der Waals surface area contributed by atoms with Crippen molar-refractivity contribution in [3.05, 3.63) is 35.4 Å². The maximum absolute atomic E-state index is 5.49. The van der Waals surface area contributed by atoms with Gasteiger partial charge in [-0.2, -0.15) is 0 Å². The quantitative estimate of drug-likeness (QED) is 0.536. The van der Waals surface area contributed by atoms with Crippen molar-refractivity contribution in [1.29, 1.82) is 0 Å². The number of benzene rings is 1. The van der Waals surface area contributed by atoms with Gasteiger partial charge in [-0.25, -0.2) is 0 Å². The largest absolute Gasteiger partial charge is 0.379 e. The Balaban J connectivity index is 1.82. The Morgan fingerprint density at radius 3 is 2.30 bits per heavy atom. The molecule has 1 aliphatic heterocycles. The summed E-state index contributed by atoms with van der Waals surface area (Å²) >= 11 is 0. The average Bonchev–Trinajstić information content (AvgIpc) is 2.65. The number of morpholine rings is 1. The summed E-state index contributed by atoms with van der Waals surface area (Å²) in [6, 6.07) is 9.24. The molecule has 2 N–H and O–H groups in total. The summed E-state index contributed by atoms with van der Waals surface area (Å²) in [4.78, 5) is 9.09. The molecule has 1 aliphatic rings. The van der Waals surface area contributed by atoms with E-state index in [-0.39, 0.29) is 0 Å². The number of hydrogen-bond acceptors (Lipinski definition) is 4. The van der Waals surface area contributed by atoms with Crippen LogP contribution in [0.15, 0.2) is 29.3 Å². The molecule has 0 amide bonds. The number of aliphatic imine (C=N–C) groups is 1. The van der Waals surface area contributed by atoms with E-state index in [9.17, 15) is 0 Å². The maximum atomic E-state index is 5.49. The Hall–Kier alpha value is -1.63. The summed E-state index contributed by atoms with van der Waals surface area (Å²) in [6.07, 6.45) is 0. The summed E-state index contributed by atoms with van der Waals surface area (Å²) in [7, 11) is 6.01. The molecule has 1 unspecified atom stereocenters. The zero-order valence-electron chi connectivity index (χ0n) is 17.7. The fourth-order valence-electron chi connectivity index (χ4n) is 3.43. The number of ether oxygens (including phenoxy) is 1. The topological polar surface area (TPSA) is 52.1 Å². The predicted octanol–water partition coefficient (Wildman–Crippen LogP) is 1.77. The Bertz CT molecular complexity index is 564. The molecule has 1 aromatic carbocycles. The second-order valence-electron chi connectivity index (χ2n) is 7.82. The highest BCUT2D eigenvalue weighted by Gasteiger charge is 2.23. The summed E-state index contributed by atoms with van der Waals surface area (Å²) in [5.41, 5.74) is 2.59. The smallest absolute Gasteiger partial charge is 0.191 e. The van der Waals surface area contributed by atoms with E-state index in [2.05, 4.69) is 77.6 Å². The van der Waals surface area contributed by atoms with Crippen LogP contribution >= 0.6 is 0 Å². The first kappa shape index (κ1) is 21.7. The summed E-state index contributed by atoms with van der Waals surface area (Å²) in [5.74, 6) is 1.43. The van der Waals surface area contributed by atoms with Crippen molar-refractivity contribution in [3.8, 4) is 0 Å². The minimum atomic E-state index is 0.484. The van der Waals surface area contributed by atoms with E-state index >= 15 is 0 Å². The van der Waals surface area contributed by atoms with Crippen LogP contribution in [0.3, 0.4) is 0 Å². The SMILES string of the molecule is CN=C(NCc1ccc(CN(C)C)cc1)NCC(C(C)C)N1CCOCC1. The first-order valence-corrected chi connectivity index (χ1v) is 9.98. The van der Waals surface area contributed by atoms with Gasteiger partial charge in [0.1, 0.15) is 0 Å². The third-order valence-corrected chi connectivity index (χ3v) is 4.97. The zero-order chi connectivity index (χ0) is 19.6. The Labute approximate surface area is 165 Å². The van der Waals surface area contributed by atoms with E-state index in [1.807, 2.05) is 7.05 Å². The third-order valence-electron chi connectivity index (χ3n) is 4.97. The van der Waals surface area contributed by atoms with Gasteiger partial charge in [-0.05, 0) is 31.1 Å². The molecule has 0 spiro atoms. The van der Waals surface area contributed by atoms with Crippen LogP contribution in [0.4, 0.5) is 0 Å². The molecule has 1 saturated heterocycles. The molecule has 2 rings (SSSR count). The molecular weight excluding hydrogens is 338 g/mol. The fraction of sp³-hybridized carbons (Fsp3) is 0.667. The highest BCUT2D eigenvalue weighted by atomic mass is 16.5. The molecular formula is C21H37N5O. The van der Waals surface area contributed by atoms with E-state index in [1.54, 1.807) is 0 Å². The molecule has 1 heterocycles. The van der Waals surface area contributed by atoms with Crippen molar-refractivity contribution in [2.45, 2.75) is 33.0 Å². The lowest BCUT2D eigenvalue weighted by molar-refractivity contribution is 0.00752. The van der Waals surface area contributed by atoms with Gasteiger partial charge < -0.3 is 20.3 Å². The molecule has 6 heteroatoms. The normalized spacial score (nSPS) is 17.4. The molecule has 27 heavy (non-hydrogen) atoms. The van der Waals surface area contributed by atoms with Crippen LogP contribution in [0.5, 0.6) is 0 Å². The van der Waals surface area contributed by atoms with Crippen LogP contribution in [-0.4, -0.2) is 75.8 Å². The number of rotatable bonds is 8. The van der Waals surface area contributed by atoms with Gasteiger partial charge in [0.15, 0.2) is 5.96 Å². The minimum absolute atomic E-state index is 0.484. The highest BCUT2D eigenvalue weighted by Crippen LogP contribution is 2.12. The summed E-state index contributed by atoms with van der Waals surface area (Å²) < 4.78 is 5.49. The van der Waals surface area contributed by atoms with Crippen molar-refractivity contribution < 1.29 is 4.74 Å². The second kappa shape index (κ2) is 11.3. The predicted molar refractivity (Wildman–Crippen MR) is 113 cm³/mol.